The molecule has 0 unspecified atom stereocenters. The van der Waals surface area contributed by atoms with E-state index in [2.05, 4.69) is 31.8 Å². The Labute approximate surface area is 185 Å². The Morgan fingerprint density at radius 2 is 2.13 bits per heavy atom. The molecule has 0 radical (unpaired) electrons. The monoisotopic (exact) mass is 432 g/mol. The van der Waals surface area contributed by atoms with Crippen molar-refractivity contribution in [2.45, 2.75) is 40.0 Å². The van der Waals surface area contributed by atoms with Crippen molar-refractivity contribution >= 4 is 28.5 Å². The topological polar surface area (TPSA) is 86.6 Å². The zero-order chi connectivity index (χ0) is 22.2. The van der Waals surface area contributed by atoms with Gasteiger partial charge >= 0.3 is 5.97 Å². The number of furan rings is 1. The highest BCUT2D eigenvalue weighted by Crippen LogP contribution is 2.44. The Hall–Kier alpha value is -3.17. The number of nitrogens with zero attached hydrogens (tertiary/aromatic N) is 2. The van der Waals surface area contributed by atoms with Crippen LogP contribution in [0.3, 0.4) is 0 Å². The second-order valence-electron chi connectivity index (χ2n) is 8.95. The van der Waals surface area contributed by atoms with Crippen LogP contribution in [0.2, 0.25) is 0 Å². The first kappa shape index (κ1) is 21.1. The molecule has 1 aliphatic carbocycles. The van der Waals surface area contributed by atoms with E-state index in [0.717, 1.165) is 29.8 Å². The van der Waals surface area contributed by atoms with Crippen LogP contribution in [0.1, 0.15) is 59.3 Å². The quantitative estimate of drug-likeness (QED) is 0.478. The van der Waals surface area contributed by atoms with Crippen LogP contribution in [0.4, 0.5) is 5.00 Å². The van der Waals surface area contributed by atoms with Crippen molar-refractivity contribution < 1.29 is 14.3 Å². The van der Waals surface area contributed by atoms with Gasteiger partial charge < -0.3 is 9.52 Å². The van der Waals surface area contributed by atoms with Crippen LogP contribution < -0.4 is 0 Å². The molecule has 0 amide bonds. The fraction of sp³-hybridized carbons (Fsp3) is 0.320. The second kappa shape index (κ2) is 8.16. The van der Waals surface area contributed by atoms with E-state index in [1.165, 1.54) is 4.88 Å². The van der Waals surface area contributed by atoms with Gasteiger partial charge in [0, 0.05) is 10.4 Å². The molecular formula is C25H24N2O3S. The summed E-state index contributed by atoms with van der Waals surface area (Å²) in [4.78, 5) is 17.0. The number of nitriles is 1. The first-order valence-corrected chi connectivity index (χ1v) is 11.1. The normalized spacial score (nSPS) is 16.3. The largest absolute Gasteiger partial charge is 0.478 e. The molecule has 1 N–H and O–H groups in total. The molecule has 0 saturated carbocycles. The SMILES string of the molecule is CC(C)(C)[C@H]1CCc2c(sc(N=Cc3ccc(-c4cccc(C(=O)O)c4)o3)c2C#N)C1. The first-order valence-electron chi connectivity index (χ1n) is 10.3. The number of carboxylic acid groups (broad SMARTS) is 1. The van der Waals surface area contributed by atoms with E-state index in [-0.39, 0.29) is 11.0 Å². The fourth-order valence-electron chi connectivity index (χ4n) is 4.02. The van der Waals surface area contributed by atoms with Gasteiger partial charge in [-0.3, -0.25) is 0 Å². The number of carbonyl (C=O) groups is 1. The zero-order valence-corrected chi connectivity index (χ0v) is 18.6. The Morgan fingerprint density at radius 3 is 2.84 bits per heavy atom. The number of fused-ring (bicyclic) bond motifs is 1. The average Bonchev–Trinajstić information content (AvgIpc) is 3.35. The Bertz CT molecular complexity index is 1200. The summed E-state index contributed by atoms with van der Waals surface area (Å²) >= 11 is 1.61. The van der Waals surface area contributed by atoms with E-state index in [9.17, 15) is 15.2 Å². The van der Waals surface area contributed by atoms with Gasteiger partial charge in [-0.25, -0.2) is 9.79 Å². The third-order valence-corrected chi connectivity index (χ3v) is 7.08. The number of benzene rings is 1. The fourth-order valence-corrected chi connectivity index (χ4v) is 5.24. The number of rotatable bonds is 4. The second-order valence-corrected chi connectivity index (χ2v) is 10.0. The number of aliphatic imine (C=N–C) groups is 1. The highest BCUT2D eigenvalue weighted by atomic mass is 32.1. The molecule has 1 atom stereocenters. The summed E-state index contributed by atoms with van der Waals surface area (Å²) in [6.07, 6.45) is 4.65. The Kier molecular flexibility index (Phi) is 5.55. The maximum Gasteiger partial charge on any atom is 0.335 e. The maximum absolute atomic E-state index is 11.2. The van der Waals surface area contributed by atoms with Crippen molar-refractivity contribution in [1.29, 1.82) is 5.26 Å². The van der Waals surface area contributed by atoms with Crippen molar-refractivity contribution in [2.24, 2.45) is 16.3 Å². The van der Waals surface area contributed by atoms with Gasteiger partial charge in [-0.1, -0.05) is 32.9 Å². The summed E-state index contributed by atoms with van der Waals surface area (Å²) in [6.45, 7) is 6.84. The predicted molar refractivity (Wildman–Crippen MR) is 122 cm³/mol. The van der Waals surface area contributed by atoms with Crippen molar-refractivity contribution in [3.05, 3.63) is 63.7 Å². The molecule has 0 aliphatic heterocycles. The van der Waals surface area contributed by atoms with E-state index in [1.807, 2.05) is 0 Å². The molecule has 2 heterocycles. The molecule has 31 heavy (non-hydrogen) atoms. The van der Waals surface area contributed by atoms with Crippen LogP contribution in [0, 0.1) is 22.7 Å². The summed E-state index contributed by atoms with van der Waals surface area (Å²) < 4.78 is 5.84. The standard InChI is InChI=1S/C25H24N2O3S/c1-25(2,3)17-7-9-19-20(13-26)23(31-22(19)12-17)27-14-18-8-10-21(30-18)15-5-4-6-16(11-15)24(28)29/h4-6,8,10-11,14,17H,7,9,12H2,1-3H3,(H,28,29)/t17-/m0/s1. The number of hydrogen-bond acceptors (Lipinski definition) is 5. The van der Waals surface area contributed by atoms with Crippen molar-refractivity contribution in [2.75, 3.05) is 0 Å². The lowest BCUT2D eigenvalue weighted by Gasteiger charge is -2.33. The van der Waals surface area contributed by atoms with Crippen molar-refractivity contribution in [1.82, 2.24) is 0 Å². The predicted octanol–water partition coefficient (Wildman–Crippen LogP) is 6.48. The molecule has 158 valence electrons. The molecule has 0 spiro atoms. The molecule has 3 aromatic rings. The maximum atomic E-state index is 11.2. The van der Waals surface area contributed by atoms with E-state index in [0.29, 0.717) is 28.6 Å². The summed E-state index contributed by atoms with van der Waals surface area (Å²) in [5.41, 5.74) is 2.99. The van der Waals surface area contributed by atoms with E-state index in [4.69, 9.17) is 4.42 Å². The van der Waals surface area contributed by atoms with Crippen molar-refractivity contribution in [3.63, 3.8) is 0 Å². The molecule has 0 fully saturated rings. The smallest absolute Gasteiger partial charge is 0.335 e. The van der Waals surface area contributed by atoms with Gasteiger partial charge in [-0.2, -0.15) is 5.26 Å². The van der Waals surface area contributed by atoms with Crippen molar-refractivity contribution in [3.8, 4) is 17.4 Å². The van der Waals surface area contributed by atoms with E-state index in [1.54, 1.807) is 53.9 Å². The molecule has 1 aromatic carbocycles. The molecule has 1 aliphatic rings. The number of aromatic carboxylic acids is 1. The van der Waals surface area contributed by atoms with Crippen LogP contribution >= 0.6 is 11.3 Å². The third kappa shape index (κ3) is 4.33. The minimum atomic E-state index is -0.977. The molecule has 5 nitrogen and oxygen atoms in total. The van der Waals surface area contributed by atoms with Gasteiger partial charge in [-0.05, 0) is 60.4 Å². The lowest BCUT2D eigenvalue weighted by Crippen LogP contribution is -2.26. The van der Waals surface area contributed by atoms with Crippen LogP contribution in [0.25, 0.3) is 11.3 Å². The lowest BCUT2D eigenvalue weighted by atomic mass is 9.72. The Morgan fingerprint density at radius 1 is 1.32 bits per heavy atom. The van der Waals surface area contributed by atoms with Crippen LogP contribution in [-0.2, 0) is 12.8 Å². The third-order valence-electron chi connectivity index (χ3n) is 5.91. The van der Waals surface area contributed by atoms with E-state index >= 15 is 0 Å². The Balaban J connectivity index is 1.58. The van der Waals surface area contributed by atoms with Gasteiger partial charge in [0.25, 0.3) is 0 Å². The number of hydrogen-bond donors (Lipinski definition) is 1. The van der Waals surface area contributed by atoms with Gasteiger partial charge in [0.15, 0.2) is 0 Å². The summed E-state index contributed by atoms with van der Waals surface area (Å²) in [5.74, 6) is 0.757. The number of carboxylic acids is 1. The van der Waals surface area contributed by atoms with Crippen LogP contribution in [0.5, 0.6) is 0 Å². The van der Waals surface area contributed by atoms with Gasteiger partial charge in [0.1, 0.15) is 22.6 Å². The molecule has 0 saturated heterocycles. The van der Waals surface area contributed by atoms with Gasteiger partial charge in [0.05, 0.1) is 17.3 Å². The van der Waals surface area contributed by atoms with Crippen LogP contribution in [-0.4, -0.2) is 17.3 Å². The molecule has 6 heteroatoms. The van der Waals surface area contributed by atoms with Gasteiger partial charge in [-0.15, -0.1) is 11.3 Å². The molecule has 0 bridgehead atoms. The summed E-state index contributed by atoms with van der Waals surface area (Å²) in [6, 6.07) is 12.6. The van der Waals surface area contributed by atoms with Gasteiger partial charge in [0.2, 0.25) is 0 Å². The summed E-state index contributed by atoms with van der Waals surface area (Å²) in [5, 5.41) is 19.6. The number of thiophene rings is 1. The minimum Gasteiger partial charge on any atom is -0.478 e. The lowest BCUT2D eigenvalue weighted by molar-refractivity contribution is 0.0697. The highest BCUT2D eigenvalue weighted by Gasteiger charge is 2.32. The molecular weight excluding hydrogens is 408 g/mol. The van der Waals surface area contributed by atoms with Crippen LogP contribution in [0.15, 0.2) is 45.8 Å². The average molecular weight is 433 g/mol. The van der Waals surface area contributed by atoms with E-state index < -0.39 is 5.97 Å². The minimum absolute atomic E-state index is 0.209. The highest BCUT2D eigenvalue weighted by molar-refractivity contribution is 7.16. The summed E-state index contributed by atoms with van der Waals surface area (Å²) in [7, 11) is 0. The zero-order valence-electron chi connectivity index (χ0n) is 17.8. The molecule has 2 aromatic heterocycles. The first-order chi connectivity index (χ1) is 14.8. The molecule has 4 rings (SSSR count).